The van der Waals surface area contributed by atoms with Crippen molar-refractivity contribution >= 4 is 35.3 Å². The second-order valence-corrected chi connectivity index (χ2v) is 6.40. The van der Waals surface area contributed by atoms with Crippen LogP contribution < -0.4 is 10.6 Å². The average molecular weight is 383 g/mol. The van der Waals surface area contributed by atoms with Crippen molar-refractivity contribution in [3.05, 3.63) is 41.2 Å². The van der Waals surface area contributed by atoms with Crippen molar-refractivity contribution in [2.24, 2.45) is 0 Å². The first-order chi connectivity index (χ1) is 12.0. The first-order valence-corrected chi connectivity index (χ1v) is 8.87. The lowest BCUT2D eigenvalue weighted by atomic mass is 10.2. The zero-order valence-electron chi connectivity index (χ0n) is 13.9. The van der Waals surface area contributed by atoms with E-state index in [-0.39, 0.29) is 5.75 Å². The molecular formula is C16H19ClN4O3S. The number of hydrogen-bond donors (Lipinski definition) is 2. The van der Waals surface area contributed by atoms with E-state index in [1.54, 1.807) is 12.4 Å². The molecule has 0 aliphatic rings. The Kier molecular flexibility index (Phi) is 7.30. The number of methoxy groups -OCH3 is 1. The van der Waals surface area contributed by atoms with Crippen LogP contribution in [0.2, 0.25) is 5.02 Å². The number of amides is 3. The number of aromatic nitrogens is 2. The quantitative estimate of drug-likeness (QED) is 0.567. The maximum atomic E-state index is 11.9. The second-order valence-electron chi connectivity index (χ2n) is 5.05. The summed E-state index contributed by atoms with van der Waals surface area (Å²) >= 11 is 7.40. The standard InChI is InChI=1S/C16H19ClN4O3S/c1-11-12(17)4-3-5-13(11)21-8-6-19-16(21)25-10-14(22)20-15(23)18-7-9-24-2/h3-6,8H,7,9-10H2,1-2H3,(H2,18,20,22,23). The van der Waals surface area contributed by atoms with Crippen molar-refractivity contribution < 1.29 is 14.3 Å². The van der Waals surface area contributed by atoms with Gasteiger partial charge in [-0.05, 0) is 24.6 Å². The molecule has 3 amide bonds. The zero-order valence-corrected chi connectivity index (χ0v) is 15.5. The number of urea groups is 1. The summed E-state index contributed by atoms with van der Waals surface area (Å²) in [5, 5.41) is 6.07. The Hall–Kier alpha value is -2.03. The number of carbonyl (C=O) groups excluding carboxylic acids is 2. The van der Waals surface area contributed by atoms with Crippen molar-refractivity contribution in [1.29, 1.82) is 0 Å². The molecule has 1 aromatic heterocycles. The maximum absolute atomic E-state index is 11.9. The number of halogens is 1. The fourth-order valence-corrected chi connectivity index (χ4v) is 2.98. The van der Waals surface area contributed by atoms with E-state index in [1.165, 1.54) is 18.9 Å². The predicted octanol–water partition coefficient (Wildman–Crippen LogP) is 2.40. The maximum Gasteiger partial charge on any atom is 0.321 e. The second kappa shape index (κ2) is 9.45. The van der Waals surface area contributed by atoms with Gasteiger partial charge in [-0.1, -0.05) is 29.4 Å². The van der Waals surface area contributed by atoms with Crippen LogP contribution in [0.4, 0.5) is 4.79 Å². The third kappa shape index (κ3) is 5.48. The van der Waals surface area contributed by atoms with Gasteiger partial charge in [-0.2, -0.15) is 0 Å². The van der Waals surface area contributed by atoms with Gasteiger partial charge in [-0.15, -0.1) is 0 Å². The van der Waals surface area contributed by atoms with Crippen molar-refractivity contribution in [3.63, 3.8) is 0 Å². The summed E-state index contributed by atoms with van der Waals surface area (Å²) in [5.41, 5.74) is 1.82. The number of rotatable bonds is 7. The van der Waals surface area contributed by atoms with Crippen LogP contribution in [-0.4, -0.2) is 47.5 Å². The van der Waals surface area contributed by atoms with Crippen molar-refractivity contribution in [1.82, 2.24) is 20.2 Å². The minimum Gasteiger partial charge on any atom is -0.383 e. The van der Waals surface area contributed by atoms with E-state index < -0.39 is 11.9 Å². The van der Waals surface area contributed by atoms with Crippen LogP contribution in [0, 0.1) is 6.92 Å². The smallest absolute Gasteiger partial charge is 0.321 e. The van der Waals surface area contributed by atoms with Crippen LogP contribution in [0.1, 0.15) is 5.56 Å². The highest BCUT2D eigenvalue weighted by atomic mass is 35.5. The first-order valence-electron chi connectivity index (χ1n) is 7.51. The topological polar surface area (TPSA) is 85.2 Å². The Balaban J connectivity index is 1.94. The Morgan fingerprint density at radius 2 is 2.20 bits per heavy atom. The molecule has 0 fully saturated rings. The molecule has 25 heavy (non-hydrogen) atoms. The van der Waals surface area contributed by atoms with Crippen molar-refractivity contribution in [2.75, 3.05) is 26.0 Å². The van der Waals surface area contributed by atoms with Crippen LogP contribution in [-0.2, 0) is 9.53 Å². The van der Waals surface area contributed by atoms with Crippen LogP contribution >= 0.6 is 23.4 Å². The summed E-state index contributed by atoms with van der Waals surface area (Å²) in [6, 6.07) is 5.06. The third-order valence-corrected chi connectivity index (χ3v) is 4.66. The van der Waals surface area contributed by atoms with Crippen molar-refractivity contribution in [2.45, 2.75) is 12.1 Å². The normalized spacial score (nSPS) is 10.5. The highest BCUT2D eigenvalue weighted by molar-refractivity contribution is 7.99. The Morgan fingerprint density at radius 3 is 2.96 bits per heavy atom. The van der Waals surface area contributed by atoms with Gasteiger partial charge in [-0.3, -0.25) is 14.7 Å². The molecule has 0 atom stereocenters. The van der Waals surface area contributed by atoms with Gasteiger partial charge in [0.05, 0.1) is 18.0 Å². The molecule has 0 saturated carbocycles. The van der Waals surface area contributed by atoms with E-state index in [9.17, 15) is 9.59 Å². The fourth-order valence-electron chi connectivity index (χ4n) is 2.04. The molecule has 1 aromatic carbocycles. The molecule has 0 aliphatic heterocycles. The average Bonchev–Trinajstić information content (AvgIpc) is 3.04. The fraction of sp³-hybridized carbons (Fsp3) is 0.312. The molecule has 2 rings (SSSR count). The summed E-state index contributed by atoms with van der Waals surface area (Å²) in [4.78, 5) is 27.6. The van der Waals surface area contributed by atoms with E-state index in [0.29, 0.717) is 23.3 Å². The van der Waals surface area contributed by atoms with Gasteiger partial charge in [0.1, 0.15) is 0 Å². The lowest BCUT2D eigenvalue weighted by Gasteiger charge is -2.11. The Morgan fingerprint density at radius 1 is 1.40 bits per heavy atom. The predicted molar refractivity (Wildman–Crippen MR) is 97.5 cm³/mol. The molecule has 0 unspecified atom stereocenters. The monoisotopic (exact) mass is 382 g/mol. The van der Waals surface area contributed by atoms with Gasteiger partial charge in [-0.25, -0.2) is 9.78 Å². The van der Waals surface area contributed by atoms with Gasteiger partial charge >= 0.3 is 6.03 Å². The molecule has 2 N–H and O–H groups in total. The van der Waals surface area contributed by atoms with E-state index in [1.807, 2.05) is 29.7 Å². The molecule has 0 saturated heterocycles. The summed E-state index contributed by atoms with van der Waals surface area (Å²) in [5.74, 6) is -0.341. The molecule has 0 aliphatic carbocycles. The highest BCUT2D eigenvalue weighted by Crippen LogP contribution is 2.26. The summed E-state index contributed by atoms with van der Waals surface area (Å²) in [6.07, 6.45) is 3.45. The molecule has 0 spiro atoms. The first kappa shape index (κ1) is 19.3. The molecule has 134 valence electrons. The lowest BCUT2D eigenvalue weighted by molar-refractivity contribution is -0.117. The number of imide groups is 1. The molecule has 7 nitrogen and oxygen atoms in total. The van der Waals surface area contributed by atoms with Crippen LogP contribution in [0.3, 0.4) is 0 Å². The van der Waals surface area contributed by atoms with Crippen molar-refractivity contribution in [3.8, 4) is 5.69 Å². The lowest BCUT2D eigenvalue weighted by Crippen LogP contribution is -2.41. The molecule has 2 aromatic rings. The number of thioether (sulfide) groups is 1. The van der Waals surface area contributed by atoms with Crippen LogP contribution in [0.25, 0.3) is 5.69 Å². The summed E-state index contributed by atoms with van der Waals surface area (Å²) in [7, 11) is 1.53. The van der Waals surface area contributed by atoms with Crippen LogP contribution in [0.5, 0.6) is 0 Å². The SMILES string of the molecule is COCCNC(=O)NC(=O)CSc1nccn1-c1cccc(Cl)c1C. The molecule has 1 heterocycles. The van der Waals surface area contributed by atoms with E-state index >= 15 is 0 Å². The minimum absolute atomic E-state index is 0.0638. The number of carbonyl (C=O) groups is 2. The van der Waals surface area contributed by atoms with E-state index in [2.05, 4.69) is 15.6 Å². The number of hydrogen-bond acceptors (Lipinski definition) is 5. The third-order valence-electron chi connectivity index (χ3n) is 3.28. The minimum atomic E-state index is -0.545. The summed E-state index contributed by atoms with van der Waals surface area (Å²) < 4.78 is 6.67. The highest BCUT2D eigenvalue weighted by Gasteiger charge is 2.13. The molecule has 0 radical (unpaired) electrons. The van der Waals surface area contributed by atoms with E-state index in [0.717, 1.165) is 11.3 Å². The zero-order chi connectivity index (χ0) is 18.2. The van der Waals surface area contributed by atoms with Gasteiger partial charge in [0.15, 0.2) is 5.16 Å². The van der Waals surface area contributed by atoms with Gasteiger partial charge in [0.25, 0.3) is 0 Å². The number of nitrogens with one attached hydrogen (secondary N) is 2. The Labute approximate surface area is 155 Å². The number of imidazole rings is 1. The van der Waals surface area contributed by atoms with Crippen LogP contribution in [0.15, 0.2) is 35.7 Å². The van der Waals surface area contributed by atoms with E-state index in [4.69, 9.17) is 16.3 Å². The Bertz CT molecular complexity index is 751. The molecular weight excluding hydrogens is 364 g/mol. The molecule has 9 heteroatoms. The largest absolute Gasteiger partial charge is 0.383 e. The number of nitrogens with zero attached hydrogens (tertiary/aromatic N) is 2. The molecule has 0 bridgehead atoms. The number of ether oxygens (including phenoxy) is 1. The number of benzene rings is 1. The van der Waals surface area contributed by atoms with Gasteiger partial charge in [0.2, 0.25) is 5.91 Å². The summed E-state index contributed by atoms with van der Waals surface area (Å²) in [6.45, 7) is 2.64. The van der Waals surface area contributed by atoms with Gasteiger partial charge < -0.3 is 10.1 Å². The van der Waals surface area contributed by atoms with Gasteiger partial charge in [0, 0.05) is 31.1 Å².